The van der Waals surface area contributed by atoms with Crippen molar-refractivity contribution in [1.82, 2.24) is 20.1 Å². The SMILES string of the molecule is COCCn1nc(CCC(=O)NCc2ccncc2)c2c1CCOC2. The van der Waals surface area contributed by atoms with Gasteiger partial charge in [0.1, 0.15) is 0 Å². The molecule has 1 N–H and O–H groups in total. The van der Waals surface area contributed by atoms with Crippen LogP contribution in [-0.2, 0) is 46.8 Å². The summed E-state index contributed by atoms with van der Waals surface area (Å²) in [4.78, 5) is 16.1. The number of carbonyl (C=O) groups is 1. The van der Waals surface area contributed by atoms with Crippen molar-refractivity contribution in [2.75, 3.05) is 20.3 Å². The molecule has 0 unspecified atom stereocenters. The number of fused-ring (bicyclic) bond motifs is 1. The van der Waals surface area contributed by atoms with Crippen molar-refractivity contribution in [1.29, 1.82) is 0 Å². The highest BCUT2D eigenvalue weighted by Gasteiger charge is 2.21. The summed E-state index contributed by atoms with van der Waals surface area (Å²) in [5.41, 5.74) is 4.36. The number of nitrogens with zero attached hydrogens (tertiary/aromatic N) is 3. The molecule has 0 spiro atoms. The minimum absolute atomic E-state index is 0.0220. The molecule has 0 fully saturated rings. The third-order valence-electron chi connectivity index (χ3n) is 4.31. The normalized spacial score (nSPS) is 13.5. The van der Waals surface area contributed by atoms with Crippen molar-refractivity contribution >= 4 is 5.91 Å². The van der Waals surface area contributed by atoms with Crippen LogP contribution in [0.5, 0.6) is 0 Å². The highest BCUT2D eigenvalue weighted by molar-refractivity contribution is 5.76. The second kappa shape index (κ2) is 8.73. The Labute approximate surface area is 147 Å². The van der Waals surface area contributed by atoms with Crippen LogP contribution in [0.2, 0.25) is 0 Å². The molecule has 0 bridgehead atoms. The zero-order valence-electron chi connectivity index (χ0n) is 14.5. The molecule has 0 aromatic carbocycles. The number of amides is 1. The second-order valence-electron chi connectivity index (χ2n) is 6.02. The van der Waals surface area contributed by atoms with E-state index in [1.165, 1.54) is 5.69 Å². The van der Waals surface area contributed by atoms with Crippen LogP contribution >= 0.6 is 0 Å². The van der Waals surface area contributed by atoms with Crippen LogP contribution in [0.4, 0.5) is 0 Å². The molecule has 3 rings (SSSR count). The Morgan fingerprint density at radius 3 is 3.04 bits per heavy atom. The first kappa shape index (κ1) is 17.6. The number of hydrogen-bond donors (Lipinski definition) is 1. The predicted molar refractivity (Wildman–Crippen MR) is 91.9 cm³/mol. The number of aryl methyl sites for hydroxylation is 1. The lowest BCUT2D eigenvalue weighted by atomic mass is 10.1. The maximum Gasteiger partial charge on any atom is 0.220 e. The van der Waals surface area contributed by atoms with Gasteiger partial charge in [0, 0.05) is 56.6 Å². The third-order valence-corrected chi connectivity index (χ3v) is 4.31. The quantitative estimate of drug-likeness (QED) is 0.780. The summed E-state index contributed by atoms with van der Waals surface area (Å²) < 4.78 is 12.7. The molecule has 0 radical (unpaired) electrons. The van der Waals surface area contributed by atoms with Gasteiger partial charge >= 0.3 is 0 Å². The van der Waals surface area contributed by atoms with Crippen molar-refractivity contribution in [3.8, 4) is 0 Å². The summed E-state index contributed by atoms with van der Waals surface area (Å²) in [6.45, 7) is 3.17. The maximum atomic E-state index is 12.1. The highest BCUT2D eigenvalue weighted by Crippen LogP contribution is 2.22. The van der Waals surface area contributed by atoms with Crippen molar-refractivity contribution in [3.05, 3.63) is 47.0 Å². The van der Waals surface area contributed by atoms with E-state index in [4.69, 9.17) is 9.47 Å². The smallest absolute Gasteiger partial charge is 0.220 e. The first-order chi connectivity index (χ1) is 12.3. The molecule has 2 aromatic heterocycles. The van der Waals surface area contributed by atoms with E-state index >= 15 is 0 Å². The lowest BCUT2D eigenvalue weighted by Crippen LogP contribution is -2.23. The summed E-state index contributed by atoms with van der Waals surface area (Å²) in [5.74, 6) is 0.0220. The van der Waals surface area contributed by atoms with Crippen LogP contribution in [0.1, 0.15) is 28.9 Å². The van der Waals surface area contributed by atoms with Crippen LogP contribution in [0.25, 0.3) is 0 Å². The van der Waals surface area contributed by atoms with Crippen LogP contribution in [-0.4, -0.2) is 41.0 Å². The van der Waals surface area contributed by atoms with Gasteiger partial charge in [-0.05, 0) is 17.7 Å². The Morgan fingerprint density at radius 1 is 1.40 bits per heavy atom. The summed E-state index contributed by atoms with van der Waals surface area (Å²) in [5, 5.41) is 7.63. The van der Waals surface area contributed by atoms with Gasteiger partial charge in [0.25, 0.3) is 0 Å². The van der Waals surface area contributed by atoms with Crippen molar-refractivity contribution in [3.63, 3.8) is 0 Å². The fourth-order valence-corrected chi connectivity index (χ4v) is 2.96. The van der Waals surface area contributed by atoms with Gasteiger partial charge in [-0.1, -0.05) is 0 Å². The Morgan fingerprint density at radius 2 is 2.24 bits per heavy atom. The van der Waals surface area contributed by atoms with Gasteiger partial charge in [0.05, 0.1) is 32.1 Å². The number of hydrogen-bond acceptors (Lipinski definition) is 5. The lowest BCUT2D eigenvalue weighted by Gasteiger charge is -2.15. The summed E-state index contributed by atoms with van der Waals surface area (Å²) in [7, 11) is 1.69. The number of pyridine rings is 1. The van der Waals surface area contributed by atoms with E-state index in [-0.39, 0.29) is 5.91 Å². The largest absolute Gasteiger partial charge is 0.383 e. The van der Waals surface area contributed by atoms with Gasteiger partial charge in [-0.2, -0.15) is 5.10 Å². The monoisotopic (exact) mass is 344 g/mol. The van der Waals surface area contributed by atoms with Crippen molar-refractivity contribution in [2.45, 2.75) is 39.0 Å². The minimum atomic E-state index is 0.0220. The van der Waals surface area contributed by atoms with Crippen molar-refractivity contribution in [2.24, 2.45) is 0 Å². The van der Waals surface area contributed by atoms with Gasteiger partial charge < -0.3 is 14.8 Å². The number of nitrogens with one attached hydrogen (secondary N) is 1. The predicted octanol–water partition coefficient (Wildman–Crippen LogP) is 1.25. The van der Waals surface area contributed by atoms with E-state index in [0.29, 0.717) is 32.6 Å². The molecule has 3 heterocycles. The molecule has 7 heteroatoms. The number of methoxy groups -OCH3 is 1. The van der Waals surface area contributed by atoms with E-state index in [2.05, 4.69) is 15.4 Å². The van der Waals surface area contributed by atoms with Crippen LogP contribution in [0.15, 0.2) is 24.5 Å². The molecule has 134 valence electrons. The first-order valence-electron chi connectivity index (χ1n) is 8.57. The molecule has 25 heavy (non-hydrogen) atoms. The van der Waals surface area contributed by atoms with Crippen molar-refractivity contribution < 1.29 is 14.3 Å². The Hall–Kier alpha value is -2.25. The van der Waals surface area contributed by atoms with E-state index in [1.807, 2.05) is 16.8 Å². The lowest BCUT2D eigenvalue weighted by molar-refractivity contribution is -0.121. The molecule has 2 aromatic rings. The Bertz CT molecular complexity index is 700. The number of aromatic nitrogens is 3. The third kappa shape index (κ3) is 4.64. The molecule has 1 aliphatic rings. The van der Waals surface area contributed by atoms with Crippen LogP contribution in [0, 0.1) is 0 Å². The minimum Gasteiger partial charge on any atom is -0.383 e. The molecular formula is C18H24N4O3. The molecule has 1 amide bonds. The van der Waals surface area contributed by atoms with Crippen LogP contribution < -0.4 is 5.32 Å². The fraction of sp³-hybridized carbons (Fsp3) is 0.500. The molecule has 0 saturated carbocycles. The second-order valence-corrected chi connectivity index (χ2v) is 6.02. The van der Waals surface area contributed by atoms with E-state index < -0.39 is 0 Å². The van der Waals surface area contributed by atoms with E-state index in [0.717, 1.165) is 36.4 Å². The summed E-state index contributed by atoms with van der Waals surface area (Å²) in [6, 6.07) is 3.79. The van der Waals surface area contributed by atoms with Gasteiger partial charge in [0.2, 0.25) is 5.91 Å². The first-order valence-corrected chi connectivity index (χ1v) is 8.57. The maximum absolute atomic E-state index is 12.1. The zero-order valence-corrected chi connectivity index (χ0v) is 14.5. The zero-order chi connectivity index (χ0) is 17.5. The number of rotatable bonds is 8. The highest BCUT2D eigenvalue weighted by atomic mass is 16.5. The summed E-state index contributed by atoms with van der Waals surface area (Å²) >= 11 is 0. The molecule has 0 saturated heterocycles. The topological polar surface area (TPSA) is 78.3 Å². The number of carbonyl (C=O) groups excluding carboxylic acids is 1. The summed E-state index contributed by atoms with van der Waals surface area (Å²) in [6.07, 6.45) is 5.34. The van der Waals surface area contributed by atoms with E-state index in [9.17, 15) is 4.79 Å². The average molecular weight is 344 g/mol. The molecule has 0 aliphatic carbocycles. The Kier molecular flexibility index (Phi) is 6.14. The molecule has 1 aliphatic heterocycles. The number of ether oxygens (including phenoxy) is 2. The molecule has 7 nitrogen and oxygen atoms in total. The van der Waals surface area contributed by atoms with Gasteiger partial charge in [-0.3, -0.25) is 14.5 Å². The van der Waals surface area contributed by atoms with Gasteiger partial charge in [-0.25, -0.2) is 0 Å². The fourth-order valence-electron chi connectivity index (χ4n) is 2.96. The van der Waals surface area contributed by atoms with Crippen LogP contribution in [0.3, 0.4) is 0 Å². The average Bonchev–Trinajstić information content (AvgIpc) is 3.02. The van der Waals surface area contributed by atoms with Gasteiger partial charge in [0.15, 0.2) is 0 Å². The molecular weight excluding hydrogens is 320 g/mol. The van der Waals surface area contributed by atoms with Gasteiger partial charge in [-0.15, -0.1) is 0 Å². The standard InChI is InChI=1S/C18H24N4O3/c1-24-11-9-22-17-6-10-25-13-15(17)16(21-22)2-3-18(23)20-12-14-4-7-19-8-5-14/h4-5,7-8H,2-3,6,9-13H2,1H3,(H,20,23). The Balaban J connectivity index is 1.57. The molecule has 0 atom stereocenters. The van der Waals surface area contributed by atoms with E-state index in [1.54, 1.807) is 19.5 Å².